The Hall–Kier alpha value is -2.00. The first-order valence-electron chi connectivity index (χ1n) is 6.86. The fraction of sp³-hybridized carbons (Fsp3) is 0.429. The summed E-state index contributed by atoms with van der Waals surface area (Å²) in [4.78, 5) is 23.9. The van der Waals surface area contributed by atoms with E-state index < -0.39 is 46.4 Å². The summed E-state index contributed by atoms with van der Waals surface area (Å²) in [5, 5.41) is 7.70. The van der Waals surface area contributed by atoms with E-state index in [2.05, 4.69) is 0 Å². The lowest BCUT2D eigenvalue weighted by Crippen LogP contribution is -2.45. The summed E-state index contributed by atoms with van der Waals surface area (Å²) in [5.41, 5.74) is 0.827. The van der Waals surface area contributed by atoms with Crippen LogP contribution in [0.25, 0.3) is 0 Å². The molecular formula is C14H16FNO6S. The van der Waals surface area contributed by atoms with E-state index in [9.17, 15) is 27.0 Å². The molecule has 126 valence electrons. The van der Waals surface area contributed by atoms with Gasteiger partial charge in [-0.2, -0.15) is 8.42 Å². The number of rotatable bonds is 7. The van der Waals surface area contributed by atoms with E-state index in [1.54, 1.807) is 24.3 Å². The van der Waals surface area contributed by atoms with E-state index in [-0.39, 0.29) is 13.2 Å². The highest BCUT2D eigenvalue weighted by atomic mass is 32.3. The first kappa shape index (κ1) is 17.4. The van der Waals surface area contributed by atoms with Crippen LogP contribution in [0, 0.1) is 0 Å². The Morgan fingerprint density at radius 1 is 1.39 bits per heavy atom. The summed E-state index contributed by atoms with van der Waals surface area (Å²) >= 11 is 0. The summed E-state index contributed by atoms with van der Waals surface area (Å²) in [6, 6.07) is 7.66. The molecule has 1 unspecified atom stereocenters. The fourth-order valence-electron chi connectivity index (χ4n) is 2.34. The molecule has 23 heavy (non-hydrogen) atoms. The van der Waals surface area contributed by atoms with Crippen molar-refractivity contribution in [3.8, 4) is 0 Å². The van der Waals surface area contributed by atoms with Crippen LogP contribution in [0.4, 0.5) is 3.89 Å². The average Bonchev–Trinajstić information content (AvgIpc) is 2.86. The van der Waals surface area contributed by atoms with Gasteiger partial charge in [0.15, 0.2) is 6.04 Å². The Balaban J connectivity index is 1.99. The Morgan fingerprint density at radius 2 is 2.04 bits per heavy atom. The summed E-state index contributed by atoms with van der Waals surface area (Å²) in [6.07, 6.45) is -0.554. The molecular weight excluding hydrogens is 329 g/mol. The number of ether oxygens (including phenoxy) is 1. The number of aliphatic carboxylic acids is 1. The van der Waals surface area contributed by atoms with Crippen molar-refractivity contribution in [3.05, 3.63) is 35.9 Å². The smallest absolute Gasteiger partial charge is 0.328 e. The molecule has 0 aromatic heterocycles. The van der Waals surface area contributed by atoms with Gasteiger partial charge in [-0.25, -0.2) is 4.79 Å². The first-order chi connectivity index (χ1) is 10.8. The quantitative estimate of drug-likeness (QED) is 0.725. The molecule has 7 nitrogen and oxygen atoms in total. The molecule has 1 fully saturated rings. The van der Waals surface area contributed by atoms with E-state index in [0.717, 1.165) is 10.5 Å². The van der Waals surface area contributed by atoms with Gasteiger partial charge in [-0.1, -0.05) is 30.3 Å². The van der Waals surface area contributed by atoms with Gasteiger partial charge < -0.3 is 14.7 Å². The third kappa shape index (κ3) is 4.49. The van der Waals surface area contributed by atoms with Gasteiger partial charge in [0, 0.05) is 13.0 Å². The molecule has 9 heteroatoms. The van der Waals surface area contributed by atoms with E-state index in [1.165, 1.54) is 0 Å². The number of nitrogens with zero attached hydrogens (tertiary/aromatic N) is 1. The van der Waals surface area contributed by atoms with Crippen molar-refractivity contribution in [3.63, 3.8) is 0 Å². The third-order valence-corrected chi connectivity index (χ3v) is 4.68. The summed E-state index contributed by atoms with van der Waals surface area (Å²) in [7, 11) is -4.89. The molecule has 1 amide bonds. The number of benzene rings is 1. The molecule has 1 heterocycles. The second-order valence-corrected chi connectivity index (χ2v) is 6.82. The molecule has 1 N–H and O–H groups in total. The van der Waals surface area contributed by atoms with Crippen molar-refractivity contribution >= 4 is 22.1 Å². The van der Waals surface area contributed by atoms with Gasteiger partial charge in [-0.15, -0.1) is 3.89 Å². The molecule has 0 aliphatic carbocycles. The highest BCUT2D eigenvalue weighted by molar-refractivity contribution is 7.87. The number of carbonyl (C=O) groups excluding carboxylic acids is 1. The van der Waals surface area contributed by atoms with Crippen LogP contribution in [0.1, 0.15) is 12.0 Å². The highest BCUT2D eigenvalue weighted by Crippen LogP contribution is 2.22. The lowest BCUT2D eigenvalue weighted by molar-refractivity contribution is -0.151. The zero-order chi connectivity index (χ0) is 17.0. The first-order valence-corrected chi connectivity index (χ1v) is 8.31. The number of carboxylic acid groups (broad SMARTS) is 1. The Kier molecular flexibility index (Phi) is 5.32. The van der Waals surface area contributed by atoms with Crippen molar-refractivity contribution in [2.24, 2.45) is 0 Å². The maximum absolute atomic E-state index is 13.0. The van der Waals surface area contributed by atoms with Gasteiger partial charge in [-0.3, -0.25) is 4.79 Å². The van der Waals surface area contributed by atoms with Crippen LogP contribution in [-0.4, -0.2) is 54.7 Å². The molecule has 0 saturated carbocycles. The second kappa shape index (κ2) is 7.05. The molecule has 1 aromatic rings. The van der Waals surface area contributed by atoms with Gasteiger partial charge in [0.2, 0.25) is 5.91 Å². The van der Waals surface area contributed by atoms with Crippen LogP contribution < -0.4 is 0 Å². The molecule has 0 spiro atoms. The van der Waals surface area contributed by atoms with Crippen molar-refractivity contribution < 1.29 is 31.7 Å². The monoisotopic (exact) mass is 345 g/mol. The average molecular weight is 345 g/mol. The summed E-state index contributed by atoms with van der Waals surface area (Å²) in [6.45, 7) is -0.643. The van der Waals surface area contributed by atoms with Gasteiger partial charge in [0.05, 0.1) is 13.2 Å². The maximum Gasteiger partial charge on any atom is 0.328 e. The van der Waals surface area contributed by atoms with Crippen LogP contribution in [0.5, 0.6) is 0 Å². The predicted octanol–water partition coefficient (Wildman–Crippen LogP) is 0.557. The van der Waals surface area contributed by atoms with Crippen molar-refractivity contribution in [1.82, 2.24) is 4.90 Å². The minimum absolute atomic E-state index is 0.150. The second-order valence-electron chi connectivity index (χ2n) is 5.20. The van der Waals surface area contributed by atoms with E-state index in [1.807, 2.05) is 6.07 Å². The number of hydrogen-bond donors (Lipinski definition) is 1. The molecule has 2 atom stereocenters. The van der Waals surface area contributed by atoms with Crippen LogP contribution in [0.15, 0.2) is 30.3 Å². The molecule has 1 aliphatic heterocycles. The molecule has 1 aliphatic rings. The fourth-order valence-corrected chi connectivity index (χ4v) is 3.02. The van der Waals surface area contributed by atoms with Crippen LogP contribution in [0.2, 0.25) is 0 Å². The maximum atomic E-state index is 13.0. The lowest BCUT2D eigenvalue weighted by atomic mass is 10.2. The van der Waals surface area contributed by atoms with Crippen molar-refractivity contribution in [2.75, 3.05) is 13.2 Å². The number of halogens is 1. The van der Waals surface area contributed by atoms with Crippen LogP contribution in [-0.2, 0) is 31.2 Å². The number of carboxylic acids is 1. The third-order valence-electron chi connectivity index (χ3n) is 3.57. The molecule has 2 rings (SSSR count). The lowest BCUT2D eigenvalue weighted by Gasteiger charge is -2.24. The number of carbonyl (C=O) groups is 2. The Morgan fingerprint density at radius 3 is 2.57 bits per heavy atom. The minimum Gasteiger partial charge on any atom is -0.480 e. The highest BCUT2D eigenvalue weighted by Gasteiger charge is 2.43. The zero-order valence-corrected chi connectivity index (χ0v) is 12.9. The Labute approximate surface area is 132 Å². The largest absolute Gasteiger partial charge is 0.480 e. The SMILES string of the molecule is O=C(O)[C@H](COCc1ccccc1)N1CC(S(=O)(=O)F)CC1=O. The zero-order valence-electron chi connectivity index (χ0n) is 12.1. The number of likely N-dealkylation sites (tertiary alicyclic amines) is 1. The number of amides is 1. The van der Waals surface area contributed by atoms with Gasteiger partial charge >= 0.3 is 16.2 Å². The van der Waals surface area contributed by atoms with Crippen LogP contribution >= 0.6 is 0 Å². The van der Waals surface area contributed by atoms with E-state index in [4.69, 9.17) is 4.74 Å². The van der Waals surface area contributed by atoms with E-state index >= 15 is 0 Å². The molecule has 1 aromatic carbocycles. The standard InChI is InChI=1S/C14H16FNO6S/c15-23(20,21)11-6-13(17)16(7-11)12(14(18)19)9-22-8-10-4-2-1-3-5-10/h1-5,11-12H,6-9H2,(H,18,19)/t11?,12-/m0/s1. The van der Waals surface area contributed by atoms with E-state index in [0.29, 0.717) is 0 Å². The minimum atomic E-state index is -4.89. The molecule has 0 radical (unpaired) electrons. The van der Waals surface area contributed by atoms with Crippen molar-refractivity contribution in [2.45, 2.75) is 24.3 Å². The summed E-state index contributed by atoms with van der Waals surface area (Å²) in [5.74, 6) is -2.05. The van der Waals surface area contributed by atoms with Crippen LogP contribution in [0.3, 0.4) is 0 Å². The number of hydrogen-bond acceptors (Lipinski definition) is 5. The van der Waals surface area contributed by atoms with Crippen molar-refractivity contribution in [1.29, 1.82) is 0 Å². The topological polar surface area (TPSA) is 101 Å². The van der Waals surface area contributed by atoms with Gasteiger partial charge in [-0.05, 0) is 5.56 Å². The predicted molar refractivity (Wildman–Crippen MR) is 77.7 cm³/mol. The van der Waals surface area contributed by atoms with Gasteiger partial charge in [0.25, 0.3) is 0 Å². The molecule has 1 saturated heterocycles. The summed E-state index contributed by atoms with van der Waals surface area (Å²) < 4.78 is 40.1. The molecule has 0 bridgehead atoms. The van der Waals surface area contributed by atoms with Gasteiger partial charge in [0.1, 0.15) is 5.25 Å². The Bertz CT molecular complexity index is 678. The normalized spacial score (nSPS) is 19.8.